The number of carbonyl (C=O) groups excluding carboxylic acids is 1. The van der Waals surface area contributed by atoms with Crippen molar-refractivity contribution >= 4 is 15.9 Å². The van der Waals surface area contributed by atoms with Gasteiger partial charge in [0.2, 0.25) is 0 Å². The van der Waals surface area contributed by atoms with Gasteiger partial charge in [-0.15, -0.1) is 0 Å². The van der Waals surface area contributed by atoms with Crippen LogP contribution in [0.3, 0.4) is 0 Å². The average Bonchev–Trinajstić information content (AvgIpc) is 2.20. The summed E-state index contributed by atoms with van der Waals surface area (Å²) in [5.41, 5.74) is 1.14. The van der Waals surface area contributed by atoms with Gasteiger partial charge in [0, 0.05) is 5.56 Å². The Hall–Kier alpha value is -1.40. The molecule has 0 saturated heterocycles. The van der Waals surface area contributed by atoms with Crippen LogP contribution in [0.5, 0.6) is 5.75 Å². The fourth-order valence-electron chi connectivity index (χ4n) is 1.92. The fraction of sp³-hybridized carbons (Fsp3) is 0.364. The maximum atomic E-state index is 11.9. The van der Waals surface area contributed by atoms with Crippen LogP contribution in [0.25, 0.3) is 0 Å². The predicted molar refractivity (Wildman–Crippen MR) is 60.5 cm³/mol. The largest absolute Gasteiger partial charge is 0.508 e. The summed E-state index contributed by atoms with van der Waals surface area (Å²) in [6, 6.07) is 4.41. The molecule has 0 aromatic heterocycles. The van der Waals surface area contributed by atoms with E-state index in [0.717, 1.165) is 11.8 Å². The van der Waals surface area contributed by atoms with E-state index in [4.69, 9.17) is 4.18 Å². The lowest BCUT2D eigenvalue weighted by atomic mass is 9.89. The summed E-state index contributed by atoms with van der Waals surface area (Å²) in [6.07, 6.45) is 0.798. The molecule has 17 heavy (non-hydrogen) atoms. The minimum absolute atomic E-state index is 0.0963. The molecule has 0 aliphatic heterocycles. The number of rotatable bonds is 2. The third kappa shape index (κ3) is 2.65. The lowest BCUT2D eigenvalue weighted by molar-refractivity contribution is 0.0773. The molecule has 1 aromatic rings. The van der Waals surface area contributed by atoms with E-state index in [1.54, 1.807) is 0 Å². The second-order valence-corrected chi connectivity index (χ2v) is 5.63. The molecular weight excluding hydrogens is 244 g/mol. The third-order valence-corrected chi connectivity index (χ3v) is 3.20. The Bertz CT molecular complexity index is 561. The molecule has 2 rings (SSSR count). The molecule has 5 nitrogen and oxygen atoms in total. The van der Waals surface area contributed by atoms with E-state index in [2.05, 4.69) is 0 Å². The molecule has 6 heteroatoms. The summed E-state index contributed by atoms with van der Waals surface area (Å²) in [5.74, 6) is -0.254. The summed E-state index contributed by atoms with van der Waals surface area (Å²) >= 11 is 0. The van der Waals surface area contributed by atoms with Gasteiger partial charge >= 0.3 is 0 Å². The SMILES string of the molecule is CS(=O)(=O)OC1CCc2cc(O)ccc2C1=O. The van der Waals surface area contributed by atoms with Crippen molar-refractivity contribution in [3.8, 4) is 5.75 Å². The zero-order valence-corrected chi connectivity index (χ0v) is 10.0. The number of hydrogen-bond acceptors (Lipinski definition) is 5. The van der Waals surface area contributed by atoms with Gasteiger partial charge in [0.05, 0.1) is 6.26 Å². The van der Waals surface area contributed by atoms with Crippen LogP contribution < -0.4 is 0 Å². The van der Waals surface area contributed by atoms with Crippen molar-refractivity contribution in [3.63, 3.8) is 0 Å². The molecule has 1 aliphatic carbocycles. The van der Waals surface area contributed by atoms with Gasteiger partial charge in [-0.05, 0) is 36.6 Å². The number of aryl methyl sites for hydroxylation is 1. The van der Waals surface area contributed by atoms with E-state index in [0.29, 0.717) is 18.4 Å². The van der Waals surface area contributed by atoms with Crippen LogP contribution in [0.2, 0.25) is 0 Å². The van der Waals surface area contributed by atoms with Crippen molar-refractivity contribution in [2.24, 2.45) is 0 Å². The normalized spacial score (nSPS) is 20.1. The molecule has 1 N–H and O–H groups in total. The van der Waals surface area contributed by atoms with Crippen molar-refractivity contribution in [2.45, 2.75) is 18.9 Å². The Morgan fingerprint density at radius 2 is 2.12 bits per heavy atom. The number of hydrogen-bond donors (Lipinski definition) is 1. The highest BCUT2D eigenvalue weighted by atomic mass is 32.2. The van der Waals surface area contributed by atoms with Gasteiger partial charge in [0.1, 0.15) is 11.9 Å². The van der Waals surface area contributed by atoms with Gasteiger partial charge in [-0.3, -0.25) is 8.98 Å². The molecule has 0 spiro atoms. The van der Waals surface area contributed by atoms with Gasteiger partial charge in [0.25, 0.3) is 10.1 Å². The Balaban J connectivity index is 2.31. The number of fused-ring (bicyclic) bond motifs is 1. The topological polar surface area (TPSA) is 80.7 Å². The maximum absolute atomic E-state index is 11.9. The number of carbonyl (C=O) groups is 1. The van der Waals surface area contributed by atoms with Gasteiger partial charge in [0.15, 0.2) is 5.78 Å². The van der Waals surface area contributed by atoms with Crippen molar-refractivity contribution in [2.75, 3.05) is 6.26 Å². The van der Waals surface area contributed by atoms with Crippen LogP contribution in [-0.2, 0) is 20.7 Å². The Morgan fingerprint density at radius 1 is 1.41 bits per heavy atom. The van der Waals surface area contributed by atoms with Crippen molar-refractivity contribution in [3.05, 3.63) is 29.3 Å². The van der Waals surface area contributed by atoms with Crippen molar-refractivity contribution in [1.82, 2.24) is 0 Å². The van der Waals surface area contributed by atoms with E-state index in [1.807, 2.05) is 0 Å². The van der Waals surface area contributed by atoms with Crippen molar-refractivity contribution in [1.29, 1.82) is 0 Å². The monoisotopic (exact) mass is 256 g/mol. The minimum Gasteiger partial charge on any atom is -0.508 e. The Morgan fingerprint density at radius 3 is 2.76 bits per heavy atom. The molecule has 1 aliphatic rings. The van der Waals surface area contributed by atoms with E-state index >= 15 is 0 Å². The highest BCUT2D eigenvalue weighted by Gasteiger charge is 2.30. The predicted octanol–water partition coefficient (Wildman–Crippen LogP) is 0.866. The molecule has 92 valence electrons. The molecule has 0 fully saturated rings. The molecule has 0 bridgehead atoms. The number of phenolic OH excluding ortho intramolecular Hbond substituents is 1. The molecule has 0 radical (unpaired) electrons. The van der Waals surface area contributed by atoms with Crippen LogP contribution in [0, 0.1) is 0 Å². The highest BCUT2D eigenvalue weighted by molar-refractivity contribution is 7.86. The molecular formula is C11H12O5S. The van der Waals surface area contributed by atoms with Gasteiger partial charge in [-0.1, -0.05) is 0 Å². The fourth-order valence-corrected chi connectivity index (χ4v) is 2.53. The first-order chi connectivity index (χ1) is 7.87. The molecule has 0 saturated carbocycles. The molecule has 1 atom stereocenters. The summed E-state index contributed by atoms with van der Waals surface area (Å²) in [4.78, 5) is 11.9. The number of ketones is 1. The standard InChI is InChI=1S/C11H12O5S/c1-17(14,15)16-10-5-2-7-6-8(12)3-4-9(7)11(10)13/h3-4,6,10,12H,2,5H2,1H3. The number of aromatic hydroxyl groups is 1. The Kier molecular flexibility index (Phi) is 2.92. The van der Waals surface area contributed by atoms with Crippen LogP contribution >= 0.6 is 0 Å². The third-order valence-electron chi connectivity index (χ3n) is 2.61. The van der Waals surface area contributed by atoms with E-state index in [9.17, 15) is 18.3 Å². The zero-order chi connectivity index (χ0) is 12.6. The Labute approximate surface area is 99.2 Å². The summed E-state index contributed by atoms with van der Waals surface area (Å²) in [6.45, 7) is 0. The lowest BCUT2D eigenvalue weighted by Gasteiger charge is -2.22. The first kappa shape index (κ1) is 12.1. The van der Waals surface area contributed by atoms with E-state index < -0.39 is 16.2 Å². The number of phenols is 1. The van der Waals surface area contributed by atoms with Gasteiger partial charge in [-0.2, -0.15) is 8.42 Å². The second-order valence-electron chi connectivity index (χ2n) is 4.03. The molecule has 1 aromatic carbocycles. The van der Waals surface area contributed by atoms with Crippen molar-refractivity contribution < 1.29 is 22.5 Å². The van der Waals surface area contributed by atoms with Crippen LogP contribution in [0.15, 0.2) is 18.2 Å². The first-order valence-electron chi connectivity index (χ1n) is 5.11. The summed E-state index contributed by atoms with van der Waals surface area (Å²) < 4.78 is 26.7. The first-order valence-corrected chi connectivity index (χ1v) is 6.93. The zero-order valence-electron chi connectivity index (χ0n) is 9.21. The molecule has 0 amide bonds. The second kappa shape index (κ2) is 4.12. The van der Waals surface area contributed by atoms with Crippen LogP contribution in [-0.4, -0.2) is 31.7 Å². The average molecular weight is 256 g/mol. The molecule has 0 heterocycles. The van der Waals surface area contributed by atoms with Gasteiger partial charge < -0.3 is 5.11 Å². The lowest BCUT2D eigenvalue weighted by Crippen LogP contribution is -2.31. The smallest absolute Gasteiger partial charge is 0.265 e. The highest BCUT2D eigenvalue weighted by Crippen LogP contribution is 2.26. The van der Waals surface area contributed by atoms with E-state index in [-0.39, 0.29) is 11.5 Å². The summed E-state index contributed by atoms with van der Waals surface area (Å²) in [5, 5.41) is 9.29. The van der Waals surface area contributed by atoms with Gasteiger partial charge in [-0.25, -0.2) is 0 Å². The number of Topliss-reactive ketones (excluding diaryl/α,β-unsaturated/α-hetero) is 1. The summed E-state index contributed by atoms with van der Waals surface area (Å²) in [7, 11) is -3.64. The van der Waals surface area contributed by atoms with E-state index in [1.165, 1.54) is 18.2 Å². The quantitative estimate of drug-likeness (QED) is 0.794. The van der Waals surface area contributed by atoms with Crippen LogP contribution in [0.4, 0.5) is 0 Å². The molecule has 1 unspecified atom stereocenters. The number of benzene rings is 1. The maximum Gasteiger partial charge on any atom is 0.265 e. The minimum atomic E-state index is -3.64. The van der Waals surface area contributed by atoms with Crippen LogP contribution in [0.1, 0.15) is 22.3 Å².